The van der Waals surface area contributed by atoms with Crippen molar-refractivity contribution in [3.8, 4) is 0 Å². The van der Waals surface area contributed by atoms with E-state index in [1.54, 1.807) is 12.2 Å². The van der Waals surface area contributed by atoms with Crippen molar-refractivity contribution in [1.29, 1.82) is 0 Å². The maximum absolute atomic E-state index is 10.7. The average molecular weight is 264 g/mol. The molecule has 2 rings (SSSR count). The first-order chi connectivity index (χ1) is 9.86. The van der Waals surface area contributed by atoms with E-state index in [1.807, 2.05) is 60.7 Å². The third kappa shape index (κ3) is 3.15. The van der Waals surface area contributed by atoms with E-state index in [9.17, 15) is 9.59 Å². The molecule has 0 amide bonds. The molecule has 0 saturated carbocycles. The molecule has 0 N–H and O–H groups in total. The van der Waals surface area contributed by atoms with E-state index in [4.69, 9.17) is 0 Å². The Morgan fingerprint density at radius 2 is 1.00 bits per heavy atom. The second kappa shape index (κ2) is 6.95. The van der Waals surface area contributed by atoms with Crippen LogP contribution in [0.1, 0.15) is 23.2 Å². The van der Waals surface area contributed by atoms with E-state index >= 15 is 0 Å². The Morgan fingerprint density at radius 3 is 1.30 bits per heavy atom. The maximum atomic E-state index is 10.7. The number of nitrogens with zero attached hydrogens (tertiary/aromatic N) is 2. The molecule has 0 heterocycles. The molecule has 2 aromatic carbocycles. The van der Waals surface area contributed by atoms with Gasteiger partial charge in [-0.25, -0.2) is 9.59 Å². The van der Waals surface area contributed by atoms with Gasteiger partial charge < -0.3 is 0 Å². The van der Waals surface area contributed by atoms with Crippen LogP contribution in [0.4, 0.5) is 0 Å². The first-order valence-electron chi connectivity index (χ1n) is 6.10. The molecule has 2 unspecified atom stereocenters. The van der Waals surface area contributed by atoms with E-state index in [1.165, 1.54) is 0 Å². The number of hydrogen-bond donors (Lipinski definition) is 0. The highest BCUT2D eigenvalue weighted by Crippen LogP contribution is 2.34. The topological polar surface area (TPSA) is 58.9 Å². The van der Waals surface area contributed by atoms with Crippen molar-refractivity contribution in [2.45, 2.75) is 12.1 Å². The van der Waals surface area contributed by atoms with Crippen LogP contribution < -0.4 is 0 Å². The smallest absolute Gasteiger partial charge is 0.211 e. The van der Waals surface area contributed by atoms with E-state index < -0.39 is 12.1 Å². The lowest BCUT2D eigenvalue weighted by Gasteiger charge is -2.18. The third-order valence-corrected chi connectivity index (χ3v) is 2.96. The summed E-state index contributed by atoms with van der Waals surface area (Å²) in [4.78, 5) is 29.0. The van der Waals surface area contributed by atoms with E-state index in [0.717, 1.165) is 11.1 Å². The number of aliphatic imine (C=N–C) groups is 2. The standard InChI is InChI=1S/C16H12N2O2/c19-11-17-15(13-7-3-1-4-8-13)16(18-12-20)14-9-5-2-6-10-14/h1-10,15-16H. The lowest BCUT2D eigenvalue weighted by Crippen LogP contribution is -2.07. The highest BCUT2D eigenvalue weighted by Gasteiger charge is 2.24. The zero-order valence-corrected chi connectivity index (χ0v) is 10.6. The van der Waals surface area contributed by atoms with Crippen LogP contribution in [0.25, 0.3) is 0 Å². The highest BCUT2D eigenvalue weighted by molar-refractivity contribution is 5.40. The predicted octanol–water partition coefficient (Wildman–Crippen LogP) is 3.14. The van der Waals surface area contributed by atoms with Gasteiger partial charge in [-0.15, -0.1) is 0 Å². The van der Waals surface area contributed by atoms with Gasteiger partial charge >= 0.3 is 0 Å². The molecule has 0 aliphatic carbocycles. The van der Waals surface area contributed by atoms with Crippen LogP contribution in [-0.2, 0) is 9.59 Å². The summed E-state index contributed by atoms with van der Waals surface area (Å²) in [5.74, 6) is 0. The van der Waals surface area contributed by atoms with Crippen LogP contribution in [0.15, 0.2) is 70.6 Å². The molecule has 4 heteroatoms. The van der Waals surface area contributed by atoms with Gasteiger partial charge in [0.05, 0.1) is 0 Å². The zero-order valence-electron chi connectivity index (χ0n) is 10.6. The molecule has 0 fully saturated rings. The van der Waals surface area contributed by atoms with Gasteiger partial charge in [0.25, 0.3) is 0 Å². The molecule has 0 aliphatic rings. The first-order valence-corrected chi connectivity index (χ1v) is 6.10. The van der Waals surface area contributed by atoms with Crippen molar-refractivity contribution in [3.05, 3.63) is 71.8 Å². The van der Waals surface area contributed by atoms with E-state index in [-0.39, 0.29) is 0 Å². The fraction of sp³-hybridized carbons (Fsp3) is 0.125. The minimum atomic E-state index is -0.586. The summed E-state index contributed by atoms with van der Waals surface area (Å²) < 4.78 is 0. The molecule has 0 spiro atoms. The van der Waals surface area contributed by atoms with Crippen LogP contribution in [-0.4, -0.2) is 12.2 Å². The normalized spacial score (nSPS) is 12.6. The van der Waals surface area contributed by atoms with Crippen molar-refractivity contribution in [2.24, 2.45) is 9.98 Å². The SMILES string of the molecule is O=C=NC(c1ccccc1)C(N=C=O)c1ccccc1. The van der Waals surface area contributed by atoms with Crippen molar-refractivity contribution in [3.63, 3.8) is 0 Å². The van der Waals surface area contributed by atoms with Crippen molar-refractivity contribution in [1.82, 2.24) is 0 Å². The quantitative estimate of drug-likeness (QED) is 0.615. The summed E-state index contributed by atoms with van der Waals surface area (Å²) in [6.07, 6.45) is 3.12. The van der Waals surface area contributed by atoms with Gasteiger partial charge in [0, 0.05) is 0 Å². The molecule has 0 saturated heterocycles. The minimum absolute atomic E-state index is 0.586. The predicted molar refractivity (Wildman–Crippen MR) is 74.6 cm³/mol. The Morgan fingerprint density at radius 1 is 0.650 bits per heavy atom. The number of rotatable bonds is 5. The highest BCUT2D eigenvalue weighted by atomic mass is 16.1. The maximum Gasteiger partial charge on any atom is 0.235 e. The third-order valence-electron chi connectivity index (χ3n) is 2.96. The Kier molecular flexibility index (Phi) is 4.74. The molecule has 0 radical (unpaired) electrons. The lowest BCUT2D eigenvalue weighted by molar-refractivity contribution is 0.526. The molecule has 98 valence electrons. The van der Waals surface area contributed by atoms with Crippen LogP contribution in [0, 0.1) is 0 Å². The molecule has 0 aromatic heterocycles. The van der Waals surface area contributed by atoms with Gasteiger partial charge in [0.15, 0.2) is 0 Å². The second-order valence-corrected chi connectivity index (χ2v) is 4.15. The van der Waals surface area contributed by atoms with Crippen LogP contribution in [0.5, 0.6) is 0 Å². The summed E-state index contributed by atoms with van der Waals surface area (Å²) in [6, 6.07) is 17.3. The van der Waals surface area contributed by atoms with Gasteiger partial charge in [-0.3, -0.25) is 0 Å². The number of carbonyl (C=O) groups excluding carboxylic acids is 2. The van der Waals surface area contributed by atoms with Gasteiger partial charge in [0.1, 0.15) is 12.1 Å². The van der Waals surface area contributed by atoms with Gasteiger partial charge in [-0.05, 0) is 11.1 Å². The number of hydrogen-bond acceptors (Lipinski definition) is 4. The molecule has 0 aliphatic heterocycles. The lowest BCUT2D eigenvalue weighted by atomic mass is 9.94. The van der Waals surface area contributed by atoms with Crippen LogP contribution >= 0.6 is 0 Å². The summed E-state index contributed by atoms with van der Waals surface area (Å²) in [6.45, 7) is 0. The Labute approximate surface area is 116 Å². The molecule has 4 nitrogen and oxygen atoms in total. The average Bonchev–Trinajstić information content (AvgIpc) is 2.52. The molecule has 20 heavy (non-hydrogen) atoms. The Balaban J connectivity index is 2.49. The monoisotopic (exact) mass is 264 g/mol. The second-order valence-electron chi connectivity index (χ2n) is 4.15. The number of isocyanates is 2. The summed E-state index contributed by atoms with van der Waals surface area (Å²) >= 11 is 0. The molecular formula is C16H12N2O2. The Hall–Kier alpha value is -2.80. The van der Waals surface area contributed by atoms with Crippen LogP contribution in [0.2, 0.25) is 0 Å². The summed E-state index contributed by atoms with van der Waals surface area (Å²) in [5.41, 5.74) is 1.59. The first kappa shape index (κ1) is 13.6. The molecular weight excluding hydrogens is 252 g/mol. The summed E-state index contributed by atoms with van der Waals surface area (Å²) in [7, 11) is 0. The zero-order chi connectivity index (χ0) is 14.2. The van der Waals surface area contributed by atoms with E-state index in [0.29, 0.717) is 0 Å². The van der Waals surface area contributed by atoms with Crippen molar-refractivity contribution in [2.75, 3.05) is 0 Å². The van der Waals surface area contributed by atoms with Gasteiger partial charge in [-0.1, -0.05) is 60.7 Å². The van der Waals surface area contributed by atoms with Gasteiger partial charge in [-0.2, -0.15) is 9.98 Å². The molecule has 0 bridgehead atoms. The molecule has 2 aromatic rings. The largest absolute Gasteiger partial charge is 0.235 e. The Bertz CT molecular complexity index is 583. The van der Waals surface area contributed by atoms with Crippen LogP contribution in [0.3, 0.4) is 0 Å². The van der Waals surface area contributed by atoms with Crippen molar-refractivity contribution < 1.29 is 9.59 Å². The molecule has 2 atom stereocenters. The summed E-state index contributed by atoms with van der Waals surface area (Å²) in [5, 5.41) is 0. The van der Waals surface area contributed by atoms with Crippen molar-refractivity contribution >= 4 is 12.2 Å². The number of benzene rings is 2. The van der Waals surface area contributed by atoms with Gasteiger partial charge in [0.2, 0.25) is 12.2 Å². The fourth-order valence-electron chi connectivity index (χ4n) is 2.07. The minimum Gasteiger partial charge on any atom is -0.211 e. The van der Waals surface area contributed by atoms with E-state index in [2.05, 4.69) is 9.98 Å². The fourth-order valence-corrected chi connectivity index (χ4v) is 2.07.